The van der Waals surface area contributed by atoms with Crippen molar-refractivity contribution in [1.82, 2.24) is 9.58 Å². The van der Waals surface area contributed by atoms with Gasteiger partial charge in [-0.15, -0.1) is 0 Å². The van der Waals surface area contributed by atoms with Gasteiger partial charge in [-0.2, -0.15) is 0 Å². The van der Waals surface area contributed by atoms with E-state index in [1.807, 2.05) is 36.2 Å². The van der Waals surface area contributed by atoms with Crippen LogP contribution in [0.2, 0.25) is 0 Å². The van der Waals surface area contributed by atoms with E-state index in [9.17, 15) is 23.5 Å². The lowest BCUT2D eigenvalue weighted by Crippen LogP contribution is -2.64. The zero-order chi connectivity index (χ0) is 22.1. The lowest BCUT2D eigenvalue weighted by atomic mass is 9.79. The molecule has 1 amide bonds. The molecule has 6 nitrogen and oxygen atoms in total. The highest BCUT2D eigenvalue weighted by atomic mass is 19.3. The number of carbonyl (C=O) groups excluding carboxylic acids is 1. The minimum absolute atomic E-state index is 0.0493. The molecular weight excluding hydrogens is 404 g/mol. The first-order valence-electron chi connectivity index (χ1n) is 10.6. The van der Waals surface area contributed by atoms with Gasteiger partial charge in [0.15, 0.2) is 11.4 Å². The number of piperidine rings is 1. The van der Waals surface area contributed by atoms with E-state index < -0.39 is 28.9 Å². The van der Waals surface area contributed by atoms with Gasteiger partial charge in [-0.1, -0.05) is 24.3 Å². The number of hydrogen-bond donors (Lipinski definition) is 1. The lowest BCUT2D eigenvalue weighted by molar-refractivity contribution is 0.0454. The van der Waals surface area contributed by atoms with Crippen LogP contribution in [0.15, 0.2) is 41.3 Å². The third-order valence-corrected chi connectivity index (χ3v) is 7.16. The number of fused-ring (bicyclic) bond motifs is 3. The molecule has 2 aliphatic heterocycles. The second kappa shape index (κ2) is 6.80. The van der Waals surface area contributed by atoms with E-state index >= 15 is 0 Å². The molecule has 8 heteroatoms. The van der Waals surface area contributed by atoms with Crippen LogP contribution in [0.25, 0.3) is 0 Å². The monoisotopic (exact) mass is 429 g/mol. The molecule has 3 aliphatic rings. The summed E-state index contributed by atoms with van der Waals surface area (Å²) in [6.07, 6.45) is 2.87. The van der Waals surface area contributed by atoms with Crippen LogP contribution >= 0.6 is 0 Å². The molecule has 5 rings (SSSR count). The number of carbonyl (C=O) groups is 1. The molecule has 164 valence electrons. The third-order valence-electron chi connectivity index (χ3n) is 7.16. The Morgan fingerprint density at radius 2 is 1.87 bits per heavy atom. The molecule has 1 aromatic heterocycles. The summed E-state index contributed by atoms with van der Waals surface area (Å²) in [7, 11) is 1.66. The lowest BCUT2D eigenvalue weighted by Gasteiger charge is -2.54. The highest BCUT2D eigenvalue weighted by Crippen LogP contribution is 2.55. The first-order valence-corrected chi connectivity index (χ1v) is 10.6. The van der Waals surface area contributed by atoms with Gasteiger partial charge in [-0.05, 0) is 43.2 Å². The van der Waals surface area contributed by atoms with Gasteiger partial charge in [0.25, 0.3) is 11.8 Å². The van der Waals surface area contributed by atoms with Gasteiger partial charge in [0, 0.05) is 31.6 Å². The van der Waals surface area contributed by atoms with Crippen LogP contribution in [0, 0.1) is 18.8 Å². The smallest absolute Gasteiger partial charge is 0.277 e. The van der Waals surface area contributed by atoms with Crippen molar-refractivity contribution in [3.05, 3.63) is 63.6 Å². The number of aryl methyl sites for hydroxylation is 1. The van der Waals surface area contributed by atoms with Crippen LogP contribution < -0.4 is 10.4 Å². The molecule has 1 saturated carbocycles. The fraction of sp³-hybridized carbons (Fsp3) is 0.478. The van der Waals surface area contributed by atoms with Gasteiger partial charge in [0.1, 0.15) is 6.17 Å². The minimum Gasteiger partial charge on any atom is -0.502 e. The van der Waals surface area contributed by atoms with E-state index in [4.69, 9.17) is 0 Å². The molecule has 1 aliphatic carbocycles. The number of rotatable bonds is 3. The van der Waals surface area contributed by atoms with E-state index in [0.717, 1.165) is 11.1 Å². The first-order chi connectivity index (χ1) is 14.7. The van der Waals surface area contributed by atoms with Gasteiger partial charge >= 0.3 is 0 Å². The normalized spacial score (nSPS) is 28.8. The molecule has 1 N–H and O–H groups in total. The van der Waals surface area contributed by atoms with E-state index in [0.29, 0.717) is 19.3 Å². The fourth-order valence-corrected chi connectivity index (χ4v) is 5.37. The standard InChI is InChI=1S/C23H25F2N3O3/c1-13-5-3-4-6-16(13)19-14(11-15-12-23(15,24)25)7-8-18-26(2)22(31)20-21(30)17(29)9-10-27(20)28(18)19/h3-6,9-10,14-15,18-19,30H,7-8,11-12H2,1-2H3. The Morgan fingerprint density at radius 3 is 2.55 bits per heavy atom. The fourth-order valence-electron chi connectivity index (χ4n) is 5.37. The maximum atomic E-state index is 13.8. The molecule has 4 unspecified atom stereocenters. The van der Waals surface area contributed by atoms with Crippen molar-refractivity contribution in [3.63, 3.8) is 0 Å². The number of nitrogens with zero attached hydrogens (tertiary/aromatic N) is 3. The summed E-state index contributed by atoms with van der Waals surface area (Å²) in [5.74, 6) is -4.27. The Labute approximate surface area is 178 Å². The van der Waals surface area contributed by atoms with Crippen molar-refractivity contribution in [2.45, 2.75) is 50.7 Å². The first kappa shape index (κ1) is 20.0. The molecule has 0 spiro atoms. The summed E-state index contributed by atoms with van der Waals surface area (Å²) in [6, 6.07) is 8.82. The summed E-state index contributed by atoms with van der Waals surface area (Å²) in [6.45, 7) is 1.99. The number of halogens is 2. The maximum Gasteiger partial charge on any atom is 0.277 e. The summed E-state index contributed by atoms with van der Waals surface area (Å²) in [5, 5.41) is 12.4. The van der Waals surface area contributed by atoms with Crippen molar-refractivity contribution in [2.75, 3.05) is 12.1 Å². The van der Waals surface area contributed by atoms with E-state index in [1.165, 1.54) is 12.3 Å². The average molecular weight is 429 g/mol. The number of amides is 1. The summed E-state index contributed by atoms with van der Waals surface area (Å²) in [4.78, 5) is 26.6. The second-order valence-electron chi connectivity index (χ2n) is 9.04. The second-order valence-corrected chi connectivity index (χ2v) is 9.04. The predicted octanol–water partition coefficient (Wildman–Crippen LogP) is 3.41. The van der Waals surface area contributed by atoms with E-state index in [2.05, 4.69) is 0 Å². The number of aromatic nitrogens is 1. The summed E-state index contributed by atoms with van der Waals surface area (Å²) < 4.78 is 29.2. The van der Waals surface area contributed by atoms with Crippen molar-refractivity contribution in [2.24, 2.45) is 11.8 Å². The molecule has 4 atom stereocenters. The average Bonchev–Trinajstić information content (AvgIpc) is 3.34. The molecule has 31 heavy (non-hydrogen) atoms. The molecule has 0 bridgehead atoms. The Bertz CT molecular complexity index is 1120. The molecular formula is C23H25F2N3O3. The quantitative estimate of drug-likeness (QED) is 0.812. The van der Waals surface area contributed by atoms with Crippen LogP contribution in [0.5, 0.6) is 5.75 Å². The number of hydrogen-bond acceptors (Lipinski definition) is 4. The van der Waals surface area contributed by atoms with E-state index in [1.54, 1.807) is 16.6 Å². The molecule has 3 heterocycles. The van der Waals surface area contributed by atoms with Crippen LogP contribution in [0.4, 0.5) is 8.78 Å². The zero-order valence-corrected chi connectivity index (χ0v) is 17.5. The summed E-state index contributed by atoms with van der Waals surface area (Å²) >= 11 is 0. The Balaban J connectivity index is 1.67. The van der Waals surface area contributed by atoms with E-state index in [-0.39, 0.29) is 30.2 Å². The number of pyridine rings is 1. The SMILES string of the molecule is Cc1ccccc1C1C(CC2CC2(F)F)CCC2N(C)C(=O)c3c(O)c(=O)ccn3N12. The Hall–Kier alpha value is -2.90. The maximum absolute atomic E-state index is 13.8. The van der Waals surface area contributed by atoms with Gasteiger partial charge in [-0.25, -0.2) is 8.78 Å². The number of benzene rings is 1. The van der Waals surface area contributed by atoms with Crippen molar-refractivity contribution in [1.29, 1.82) is 0 Å². The largest absolute Gasteiger partial charge is 0.502 e. The van der Waals surface area contributed by atoms with Gasteiger partial charge in [0.05, 0.1) is 6.04 Å². The highest BCUT2D eigenvalue weighted by Gasteiger charge is 2.58. The van der Waals surface area contributed by atoms with Crippen LogP contribution in [0.1, 0.15) is 53.3 Å². The van der Waals surface area contributed by atoms with Gasteiger partial charge in [0.2, 0.25) is 5.43 Å². The topological polar surface area (TPSA) is 65.8 Å². The van der Waals surface area contributed by atoms with Crippen molar-refractivity contribution >= 4 is 5.91 Å². The Kier molecular flexibility index (Phi) is 4.39. The van der Waals surface area contributed by atoms with Crippen LogP contribution in [-0.2, 0) is 0 Å². The van der Waals surface area contributed by atoms with Crippen LogP contribution in [-0.4, -0.2) is 39.7 Å². The molecule has 2 aromatic rings. The summed E-state index contributed by atoms with van der Waals surface area (Å²) in [5.41, 5.74) is 1.34. The molecule has 1 saturated heterocycles. The Morgan fingerprint density at radius 1 is 1.16 bits per heavy atom. The van der Waals surface area contributed by atoms with Gasteiger partial charge in [-0.3, -0.25) is 19.3 Å². The number of alkyl halides is 2. The van der Waals surface area contributed by atoms with Crippen molar-refractivity contribution < 1.29 is 18.7 Å². The predicted molar refractivity (Wildman–Crippen MR) is 111 cm³/mol. The minimum atomic E-state index is -2.59. The third kappa shape index (κ3) is 3.03. The molecule has 2 fully saturated rings. The number of aromatic hydroxyl groups is 1. The van der Waals surface area contributed by atoms with Gasteiger partial charge < -0.3 is 10.0 Å². The van der Waals surface area contributed by atoms with Crippen molar-refractivity contribution in [3.8, 4) is 5.75 Å². The zero-order valence-electron chi connectivity index (χ0n) is 17.5. The molecule has 0 radical (unpaired) electrons. The van der Waals surface area contributed by atoms with Crippen LogP contribution in [0.3, 0.4) is 0 Å². The highest BCUT2D eigenvalue weighted by molar-refractivity contribution is 5.96. The molecule has 1 aromatic carbocycles.